The molecule has 5 N–H and O–H groups in total. The summed E-state index contributed by atoms with van der Waals surface area (Å²) in [5, 5.41) is 12.6. The number of hydrogen-bond acceptors (Lipinski definition) is 6. The topological polar surface area (TPSA) is 133 Å². The smallest absolute Gasteiger partial charge is 0.253 e. The number of halogens is 1. The molecule has 1 fully saturated rings. The van der Waals surface area contributed by atoms with E-state index in [0.717, 1.165) is 45.0 Å². The average molecular weight is 450 g/mol. The molecule has 33 heavy (non-hydrogen) atoms. The number of amidine groups is 1. The summed E-state index contributed by atoms with van der Waals surface area (Å²) in [4.78, 5) is 21.9. The maximum atomic E-state index is 13.3. The van der Waals surface area contributed by atoms with Gasteiger partial charge >= 0.3 is 0 Å². The third-order valence-electron chi connectivity index (χ3n) is 5.81. The summed E-state index contributed by atoms with van der Waals surface area (Å²) in [7, 11) is 0. The van der Waals surface area contributed by atoms with Crippen molar-refractivity contribution in [2.45, 2.75) is 31.2 Å². The molecule has 0 unspecified atom stereocenters. The first kappa shape index (κ1) is 23.9. The number of nitrogens with one attached hydrogen (secondary N) is 1. The molecule has 0 radical (unpaired) electrons. The van der Waals surface area contributed by atoms with E-state index in [1.807, 2.05) is 18.2 Å². The van der Waals surface area contributed by atoms with E-state index in [1.54, 1.807) is 0 Å². The molecule has 9 heteroatoms. The second kappa shape index (κ2) is 11.2. The number of amides is 1. The molecular weight excluding hydrogens is 421 g/mol. The molecule has 0 aliphatic carbocycles. The van der Waals surface area contributed by atoms with Crippen molar-refractivity contribution in [3.8, 4) is 6.07 Å². The predicted molar refractivity (Wildman–Crippen MR) is 125 cm³/mol. The van der Waals surface area contributed by atoms with Crippen molar-refractivity contribution in [3.05, 3.63) is 71.9 Å². The van der Waals surface area contributed by atoms with Gasteiger partial charge in [0.2, 0.25) is 5.95 Å². The van der Waals surface area contributed by atoms with E-state index < -0.39 is 17.4 Å². The van der Waals surface area contributed by atoms with E-state index in [1.165, 1.54) is 24.0 Å². The van der Waals surface area contributed by atoms with Crippen LogP contribution >= 0.6 is 0 Å². The molecule has 0 bridgehead atoms. The SMILES string of the molecule is N#CCC1(N/C=C(/C(N)=O)C(N)=Nc2ccnc(F)c2)CCN(CCc2ccccc2)CC1. The van der Waals surface area contributed by atoms with Gasteiger partial charge < -0.3 is 21.7 Å². The fraction of sp³-hybridized carbons (Fsp3) is 0.333. The van der Waals surface area contributed by atoms with Crippen LogP contribution in [0.3, 0.4) is 0 Å². The molecule has 1 saturated heterocycles. The highest BCUT2D eigenvalue weighted by Gasteiger charge is 2.34. The number of benzene rings is 1. The maximum Gasteiger partial charge on any atom is 0.253 e. The van der Waals surface area contributed by atoms with Gasteiger partial charge in [-0.1, -0.05) is 30.3 Å². The van der Waals surface area contributed by atoms with Gasteiger partial charge in [0.05, 0.1) is 29.3 Å². The molecule has 0 atom stereocenters. The number of pyridine rings is 1. The van der Waals surface area contributed by atoms with Crippen LogP contribution in [0.4, 0.5) is 10.1 Å². The second-order valence-electron chi connectivity index (χ2n) is 8.09. The van der Waals surface area contributed by atoms with E-state index >= 15 is 0 Å². The average Bonchev–Trinajstić information content (AvgIpc) is 2.79. The fourth-order valence-electron chi connectivity index (χ4n) is 3.82. The number of carbonyl (C=O) groups excluding carboxylic acids is 1. The van der Waals surface area contributed by atoms with Crippen molar-refractivity contribution in [3.63, 3.8) is 0 Å². The molecule has 1 amide bonds. The molecule has 1 aliphatic rings. The van der Waals surface area contributed by atoms with Crippen LogP contribution in [0.2, 0.25) is 0 Å². The van der Waals surface area contributed by atoms with Crippen LogP contribution < -0.4 is 16.8 Å². The summed E-state index contributed by atoms with van der Waals surface area (Å²) < 4.78 is 13.3. The minimum Gasteiger partial charge on any atom is -0.384 e. The minimum atomic E-state index is -0.773. The third-order valence-corrected chi connectivity index (χ3v) is 5.81. The Balaban J connectivity index is 1.67. The Labute approximate surface area is 192 Å². The first-order valence-corrected chi connectivity index (χ1v) is 10.8. The largest absolute Gasteiger partial charge is 0.384 e. The molecular formula is C24H28FN7O. The number of carbonyl (C=O) groups is 1. The number of rotatable bonds is 9. The van der Waals surface area contributed by atoms with Gasteiger partial charge in [0.25, 0.3) is 5.91 Å². The normalized spacial score (nSPS) is 16.7. The van der Waals surface area contributed by atoms with Crippen LogP contribution in [0.1, 0.15) is 24.8 Å². The van der Waals surface area contributed by atoms with Gasteiger partial charge in [-0.05, 0) is 30.9 Å². The summed E-state index contributed by atoms with van der Waals surface area (Å²) in [6.07, 6.45) is 5.37. The number of piperidine rings is 1. The van der Waals surface area contributed by atoms with Gasteiger partial charge in [-0.15, -0.1) is 0 Å². The van der Waals surface area contributed by atoms with E-state index in [2.05, 4.69) is 38.4 Å². The van der Waals surface area contributed by atoms with Crippen molar-refractivity contribution in [2.24, 2.45) is 16.5 Å². The van der Waals surface area contributed by atoms with Gasteiger partial charge in [0.1, 0.15) is 5.84 Å². The number of nitrogens with zero attached hydrogens (tertiary/aromatic N) is 4. The number of nitrogens with two attached hydrogens (primary N) is 2. The van der Waals surface area contributed by atoms with Crippen LogP contribution in [0.25, 0.3) is 0 Å². The summed E-state index contributed by atoms with van der Waals surface area (Å²) >= 11 is 0. The molecule has 1 aliphatic heterocycles. The molecule has 172 valence electrons. The lowest BCUT2D eigenvalue weighted by Gasteiger charge is -2.41. The Bertz CT molecular complexity index is 1050. The molecule has 1 aromatic heterocycles. The van der Waals surface area contributed by atoms with Gasteiger partial charge in [-0.2, -0.15) is 9.65 Å². The van der Waals surface area contributed by atoms with Crippen LogP contribution in [0, 0.1) is 17.3 Å². The Morgan fingerprint density at radius 1 is 1.27 bits per heavy atom. The zero-order valence-corrected chi connectivity index (χ0v) is 18.4. The summed E-state index contributed by atoms with van der Waals surface area (Å²) in [5.74, 6) is -1.63. The van der Waals surface area contributed by atoms with Crippen molar-refractivity contribution < 1.29 is 9.18 Å². The lowest BCUT2D eigenvalue weighted by Crippen LogP contribution is -2.52. The Morgan fingerprint density at radius 3 is 2.64 bits per heavy atom. The predicted octanol–water partition coefficient (Wildman–Crippen LogP) is 2.16. The van der Waals surface area contributed by atoms with E-state index in [-0.39, 0.29) is 23.5 Å². The Morgan fingerprint density at radius 2 is 2.00 bits per heavy atom. The van der Waals surface area contributed by atoms with Gasteiger partial charge in [-0.3, -0.25) is 4.79 Å². The quantitative estimate of drug-likeness (QED) is 0.232. The lowest BCUT2D eigenvalue weighted by atomic mass is 9.84. The number of likely N-dealkylation sites (tertiary alicyclic amines) is 1. The van der Waals surface area contributed by atoms with Crippen molar-refractivity contribution >= 4 is 17.4 Å². The van der Waals surface area contributed by atoms with Crippen molar-refractivity contribution in [1.29, 1.82) is 5.26 Å². The molecule has 3 rings (SSSR count). The molecule has 2 heterocycles. The Hall–Kier alpha value is -3.77. The third kappa shape index (κ3) is 6.85. The standard InChI is InChI=1S/C24H28FN7O/c25-21-16-19(6-12-29-21)31-22(27)20(23(28)33)17-30-24(8-11-26)9-14-32(15-10-24)13-7-18-4-2-1-3-5-18/h1-6,12,16-17,30H,7-10,13-15H2,(H2,28,33)(H2,27,29,31)/b20-17+. The molecule has 2 aromatic rings. The van der Waals surface area contributed by atoms with E-state index in [0.29, 0.717) is 0 Å². The van der Waals surface area contributed by atoms with Gasteiger partial charge in [0, 0.05) is 38.1 Å². The van der Waals surface area contributed by atoms with Crippen LogP contribution in [0.5, 0.6) is 0 Å². The number of nitriles is 1. The molecule has 0 saturated carbocycles. The molecule has 8 nitrogen and oxygen atoms in total. The van der Waals surface area contributed by atoms with Crippen molar-refractivity contribution in [2.75, 3.05) is 19.6 Å². The van der Waals surface area contributed by atoms with Crippen molar-refractivity contribution in [1.82, 2.24) is 15.2 Å². The first-order valence-electron chi connectivity index (χ1n) is 10.8. The monoisotopic (exact) mass is 449 g/mol. The van der Waals surface area contributed by atoms with E-state index in [4.69, 9.17) is 11.5 Å². The first-order chi connectivity index (χ1) is 15.9. The number of primary amides is 1. The molecule has 0 spiro atoms. The highest BCUT2D eigenvalue weighted by atomic mass is 19.1. The lowest BCUT2D eigenvalue weighted by molar-refractivity contribution is -0.114. The second-order valence-corrected chi connectivity index (χ2v) is 8.09. The summed E-state index contributed by atoms with van der Waals surface area (Å²) in [6.45, 7) is 2.58. The van der Waals surface area contributed by atoms with Crippen LogP contribution in [0.15, 0.2) is 65.4 Å². The molecule has 1 aromatic carbocycles. The van der Waals surface area contributed by atoms with Gasteiger partial charge in [0.15, 0.2) is 0 Å². The summed E-state index contributed by atoms with van der Waals surface area (Å²) in [6, 6.07) is 15.1. The van der Waals surface area contributed by atoms with Crippen LogP contribution in [-0.2, 0) is 11.2 Å². The zero-order chi connectivity index (χ0) is 23.7. The van der Waals surface area contributed by atoms with Crippen LogP contribution in [-0.4, -0.2) is 46.8 Å². The van der Waals surface area contributed by atoms with E-state index in [9.17, 15) is 14.4 Å². The van der Waals surface area contributed by atoms with Gasteiger partial charge in [-0.25, -0.2) is 9.98 Å². The Kier molecular flexibility index (Phi) is 8.11. The highest BCUT2D eigenvalue weighted by Crippen LogP contribution is 2.26. The highest BCUT2D eigenvalue weighted by molar-refractivity contribution is 6.20. The minimum absolute atomic E-state index is 0.0314. The number of aromatic nitrogens is 1. The number of hydrogen-bond donors (Lipinski definition) is 3. The summed E-state index contributed by atoms with van der Waals surface area (Å²) in [5.41, 5.74) is 12.5. The maximum absolute atomic E-state index is 13.3. The zero-order valence-electron chi connectivity index (χ0n) is 18.4. The fourth-order valence-corrected chi connectivity index (χ4v) is 3.82. The number of aliphatic imine (C=N–C) groups is 1.